The van der Waals surface area contributed by atoms with E-state index in [1.807, 2.05) is 12.1 Å². The van der Waals surface area contributed by atoms with Gasteiger partial charge in [0, 0.05) is 37.2 Å². The molecular weight excluding hydrogens is 381 g/mol. The van der Waals surface area contributed by atoms with Crippen molar-refractivity contribution >= 4 is 24.0 Å². The molecule has 0 radical (unpaired) electrons. The van der Waals surface area contributed by atoms with Crippen LogP contribution in [-0.2, 0) is 6.54 Å². The molecule has 3 aromatic rings. The van der Waals surface area contributed by atoms with Crippen molar-refractivity contribution in [2.45, 2.75) is 19.5 Å². The van der Waals surface area contributed by atoms with Gasteiger partial charge in [0.2, 0.25) is 0 Å². The van der Waals surface area contributed by atoms with Crippen molar-refractivity contribution in [3.05, 3.63) is 76.8 Å². The Hall–Kier alpha value is -1.92. The van der Waals surface area contributed by atoms with Crippen LogP contribution in [0.15, 0.2) is 55.1 Å². The van der Waals surface area contributed by atoms with Gasteiger partial charge < -0.3 is 5.32 Å². The lowest BCUT2D eigenvalue weighted by Gasteiger charge is -2.36. The van der Waals surface area contributed by atoms with Gasteiger partial charge in [0.1, 0.15) is 12.7 Å². The summed E-state index contributed by atoms with van der Waals surface area (Å²) in [5, 5.41) is 8.52. The minimum absolute atomic E-state index is 0. The van der Waals surface area contributed by atoms with E-state index in [9.17, 15) is 0 Å². The largest absolute Gasteiger partial charge is 0.314 e. The Balaban J connectivity index is 0.00000210. The molecule has 1 unspecified atom stereocenters. The second-order valence-electron chi connectivity index (χ2n) is 6.71. The Labute approximate surface area is 170 Å². The highest BCUT2D eigenvalue weighted by atomic mass is 35.5. The van der Waals surface area contributed by atoms with Crippen LogP contribution in [0.1, 0.15) is 22.7 Å². The summed E-state index contributed by atoms with van der Waals surface area (Å²) >= 11 is 6.21. The first-order chi connectivity index (χ1) is 12.7. The smallest absolute Gasteiger partial charge is 0.138 e. The molecule has 0 spiro atoms. The Bertz CT molecular complexity index is 882. The second-order valence-corrected chi connectivity index (χ2v) is 7.14. The molecule has 1 aliphatic rings. The van der Waals surface area contributed by atoms with Crippen LogP contribution >= 0.6 is 24.0 Å². The lowest BCUT2D eigenvalue weighted by molar-refractivity contribution is 0.154. The van der Waals surface area contributed by atoms with Gasteiger partial charge in [-0.3, -0.25) is 4.90 Å². The van der Waals surface area contributed by atoms with Crippen molar-refractivity contribution in [1.82, 2.24) is 25.0 Å². The van der Waals surface area contributed by atoms with Crippen LogP contribution in [0.2, 0.25) is 5.02 Å². The van der Waals surface area contributed by atoms with Gasteiger partial charge in [-0.2, -0.15) is 5.10 Å². The lowest BCUT2D eigenvalue weighted by Crippen LogP contribution is -2.45. The quantitative estimate of drug-likeness (QED) is 0.719. The highest BCUT2D eigenvalue weighted by Gasteiger charge is 2.24. The van der Waals surface area contributed by atoms with E-state index in [0.29, 0.717) is 6.04 Å². The summed E-state index contributed by atoms with van der Waals surface area (Å²) in [4.78, 5) is 6.55. The third-order valence-electron chi connectivity index (χ3n) is 4.90. The number of aryl methyl sites for hydroxylation is 1. The standard InChI is InChI=1S/C20H22ClN5.ClH/c1-15-9-16(5-6-19(15)26-14-23-13-24-26)12-25-8-7-22-11-20(25)17-3-2-4-18(21)10-17;/h2-6,9-10,13-14,20,22H,7-8,11-12H2,1H3;1H. The van der Waals surface area contributed by atoms with E-state index in [2.05, 4.69) is 57.6 Å². The number of nitrogens with one attached hydrogen (secondary N) is 1. The molecule has 1 saturated heterocycles. The lowest BCUT2D eigenvalue weighted by atomic mass is 10.0. The van der Waals surface area contributed by atoms with E-state index < -0.39 is 0 Å². The fraction of sp³-hybridized carbons (Fsp3) is 0.300. The summed E-state index contributed by atoms with van der Waals surface area (Å²) in [7, 11) is 0. The van der Waals surface area contributed by atoms with Crippen LogP contribution in [0.5, 0.6) is 0 Å². The summed E-state index contributed by atoms with van der Waals surface area (Å²) in [6, 6.07) is 15.1. The Morgan fingerprint density at radius 1 is 1.22 bits per heavy atom. The number of nitrogens with zero attached hydrogens (tertiary/aromatic N) is 4. The van der Waals surface area contributed by atoms with E-state index >= 15 is 0 Å². The zero-order valence-corrected chi connectivity index (χ0v) is 16.7. The van der Waals surface area contributed by atoms with Crippen molar-refractivity contribution in [3.8, 4) is 5.69 Å². The number of piperazine rings is 1. The fourth-order valence-electron chi connectivity index (χ4n) is 3.62. The highest BCUT2D eigenvalue weighted by Crippen LogP contribution is 2.27. The van der Waals surface area contributed by atoms with Crippen LogP contribution in [-0.4, -0.2) is 39.3 Å². The molecule has 7 heteroatoms. The van der Waals surface area contributed by atoms with Crippen LogP contribution < -0.4 is 5.32 Å². The third kappa shape index (κ3) is 4.50. The second kappa shape index (κ2) is 8.85. The SMILES string of the molecule is Cc1cc(CN2CCNCC2c2cccc(Cl)c2)ccc1-n1cncn1.Cl. The maximum Gasteiger partial charge on any atom is 0.138 e. The maximum atomic E-state index is 6.21. The number of aromatic nitrogens is 3. The molecule has 27 heavy (non-hydrogen) atoms. The molecule has 142 valence electrons. The molecule has 1 aromatic heterocycles. The molecule has 4 rings (SSSR count). The summed E-state index contributed by atoms with van der Waals surface area (Å²) in [5.74, 6) is 0. The average Bonchev–Trinajstić information content (AvgIpc) is 3.17. The Morgan fingerprint density at radius 3 is 2.85 bits per heavy atom. The number of hydrogen-bond acceptors (Lipinski definition) is 4. The van der Waals surface area contributed by atoms with E-state index in [4.69, 9.17) is 11.6 Å². The van der Waals surface area contributed by atoms with Crippen molar-refractivity contribution in [3.63, 3.8) is 0 Å². The molecule has 0 saturated carbocycles. The molecule has 1 atom stereocenters. The first kappa shape index (κ1) is 19.8. The monoisotopic (exact) mass is 403 g/mol. The Kier molecular flexibility index (Phi) is 6.50. The van der Waals surface area contributed by atoms with E-state index in [1.165, 1.54) is 16.7 Å². The molecule has 2 heterocycles. The van der Waals surface area contributed by atoms with Crippen molar-refractivity contribution in [2.75, 3.05) is 19.6 Å². The molecule has 5 nitrogen and oxygen atoms in total. The first-order valence-electron chi connectivity index (χ1n) is 8.85. The molecule has 1 N–H and O–H groups in total. The van der Waals surface area contributed by atoms with Crippen LogP contribution in [0.4, 0.5) is 0 Å². The zero-order valence-electron chi connectivity index (χ0n) is 15.2. The van der Waals surface area contributed by atoms with Gasteiger partial charge in [-0.05, 0) is 41.8 Å². The molecular formula is C20H23Cl2N5. The average molecular weight is 404 g/mol. The first-order valence-corrected chi connectivity index (χ1v) is 9.23. The van der Waals surface area contributed by atoms with E-state index in [-0.39, 0.29) is 12.4 Å². The Morgan fingerprint density at radius 2 is 2.11 bits per heavy atom. The summed E-state index contributed by atoms with van der Waals surface area (Å²) in [6.45, 7) is 5.99. The number of benzene rings is 2. The van der Waals surface area contributed by atoms with Gasteiger partial charge in [0.25, 0.3) is 0 Å². The van der Waals surface area contributed by atoms with Gasteiger partial charge in [-0.1, -0.05) is 35.9 Å². The van der Waals surface area contributed by atoms with Gasteiger partial charge in [0.05, 0.1) is 5.69 Å². The molecule has 1 fully saturated rings. The van der Waals surface area contributed by atoms with Crippen LogP contribution in [0.25, 0.3) is 5.69 Å². The van der Waals surface area contributed by atoms with Crippen molar-refractivity contribution < 1.29 is 0 Å². The summed E-state index contributed by atoms with van der Waals surface area (Å²) in [5.41, 5.74) is 4.83. The van der Waals surface area contributed by atoms with Gasteiger partial charge in [-0.15, -0.1) is 12.4 Å². The molecule has 1 aliphatic heterocycles. The number of hydrogen-bond donors (Lipinski definition) is 1. The minimum atomic E-state index is 0. The summed E-state index contributed by atoms with van der Waals surface area (Å²) < 4.78 is 1.80. The predicted octanol–water partition coefficient (Wildman–Crippen LogP) is 3.80. The molecule has 0 amide bonds. The van der Waals surface area contributed by atoms with Gasteiger partial charge in [0.15, 0.2) is 0 Å². The van der Waals surface area contributed by atoms with E-state index in [0.717, 1.165) is 36.9 Å². The maximum absolute atomic E-state index is 6.21. The predicted molar refractivity (Wildman–Crippen MR) is 111 cm³/mol. The minimum Gasteiger partial charge on any atom is -0.314 e. The van der Waals surface area contributed by atoms with Gasteiger partial charge in [-0.25, -0.2) is 9.67 Å². The zero-order chi connectivity index (χ0) is 17.9. The molecule has 0 bridgehead atoms. The topological polar surface area (TPSA) is 46.0 Å². The number of halogens is 2. The normalized spacial score (nSPS) is 17.5. The van der Waals surface area contributed by atoms with Gasteiger partial charge >= 0.3 is 0 Å². The van der Waals surface area contributed by atoms with Crippen LogP contribution in [0.3, 0.4) is 0 Å². The number of rotatable bonds is 4. The molecule has 0 aliphatic carbocycles. The fourth-order valence-corrected chi connectivity index (χ4v) is 3.82. The molecule has 2 aromatic carbocycles. The third-order valence-corrected chi connectivity index (χ3v) is 5.14. The summed E-state index contributed by atoms with van der Waals surface area (Å²) in [6.07, 6.45) is 3.29. The van der Waals surface area contributed by atoms with Crippen molar-refractivity contribution in [1.29, 1.82) is 0 Å². The van der Waals surface area contributed by atoms with E-state index in [1.54, 1.807) is 17.3 Å². The van der Waals surface area contributed by atoms with Crippen molar-refractivity contribution in [2.24, 2.45) is 0 Å². The highest BCUT2D eigenvalue weighted by molar-refractivity contribution is 6.30. The van der Waals surface area contributed by atoms with Crippen LogP contribution in [0, 0.1) is 6.92 Å².